The van der Waals surface area contributed by atoms with Crippen LogP contribution in [0.3, 0.4) is 0 Å². The van der Waals surface area contributed by atoms with Gasteiger partial charge >= 0.3 is 0 Å². The van der Waals surface area contributed by atoms with Crippen molar-refractivity contribution in [2.24, 2.45) is 0 Å². The van der Waals surface area contributed by atoms with Gasteiger partial charge in [-0.05, 0) is 17.1 Å². The van der Waals surface area contributed by atoms with Gasteiger partial charge in [0.1, 0.15) is 5.69 Å². The van der Waals surface area contributed by atoms with Crippen LogP contribution < -0.4 is 5.32 Å². The predicted octanol–water partition coefficient (Wildman–Crippen LogP) is 4.28. The maximum Gasteiger partial charge on any atom is 0.225 e. The number of nitrogens with one attached hydrogen (secondary N) is 1. The summed E-state index contributed by atoms with van der Waals surface area (Å²) in [4.78, 5) is 13.3. The molecule has 1 aromatic heterocycles. The van der Waals surface area contributed by atoms with Gasteiger partial charge in [0.2, 0.25) is 5.91 Å². The van der Waals surface area contributed by atoms with Crippen molar-refractivity contribution in [2.75, 3.05) is 5.32 Å². The SMILES string of the molecule is O=C1C[C@H](c2ccccc2)c2snc(-c3ccccc3)c2N1. The maximum atomic E-state index is 12.2. The van der Waals surface area contributed by atoms with Gasteiger partial charge in [-0.3, -0.25) is 4.79 Å². The summed E-state index contributed by atoms with van der Waals surface area (Å²) < 4.78 is 4.61. The highest BCUT2D eigenvalue weighted by Gasteiger charge is 2.31. The molecule has 22 heavy (non-hydrogen) atoms. The number of aromatic nitrogens is 1. The molecule has 3 nitrogen and oxygen atoms in total. The number of fused-ring (bicyclic) bond motifs is 1. The molecule has 0 aliphatic carbocycles. The molecule has 4 rings (SSSR count). The van der Waals surface area contributed by atoms with Gasteiger partial charge in [-0.25, -0.2) is 0 Å². The van der Waals surface area contributed by atoms with Crippen molar-refractivity contribution in [3.05, 3.63) is 71.1 Å². The second-order valence-corrected chi connectivity index (χ2v) is 6.16. The third-order valence-electron chi connectivity index (χ3n) is 3.94. The first kappa shape index (κ1) is 13.2. The molecule has 0 saturated heterocycles. The third kappa shape index (κ3) is 2.22. The van der Waals surface area contributed by atoms with Crippen LogP contribution in [0.2, 0.25) is 0 Å². The number of carbonyl (C=O) groups excluding carboxylic acids is 1. The average molecular weight is 306 g/mol. The Morgan fingerprint density at radius 2 is 1.68 bits per heavy atom. The van der Waals surface area contributed by atoms with Crippen molar-refractivity contribution in [3.63, 3.8) is 0 Å². The number of benzene rings is 2. The van der Waals surface area contributed by atoms with Crippen LogP contribution in [-0.2, 0) is 4.79 Å². The summed E-state index contributed by atoms with van der Waals surface area (Å²) in [6.45, 7) is 0. The first-order valence-corrected chi connectivity index (χ1v) is 8.00. The molecule has 0 spiro atoms. The zero-order chi connectivity index (χ0) is 14.9. The summed E-state index contributed by atoms with van der Waals surface area (Å²) in [5.74, 6) is 0.152. The largest absolute Gasteiger partial charge is 0.323 e. The number of nitrogens with zero attached hydrogens (tertiary/aromatic N) is 1. The van der Waals surface area contributed by atoms with Gasteiger partial charge in [0, 0.05) is 17.9 Å². The summed E-state index contributed by atoms with van der Waals surface area (Å²) in [6.07, 6.45) is 0.480. The lowest BCUT2D eigenvalue weighted by molar-refractivity contribution is -0.116. The van der Waals surface area contributed by atoms with Gasteiger partial charge in [-0.15, -0.1) is 0 Å². The van der Waals surface area contributed by atoms with Crippen LogP contribution in [0.5, 0.6) is 0 Å². The number of amides is 1. The van der Waals surface area contributed by atoms with Gasteiger partial charge in [-0.1, -0.05) is 60.7 Å². The zero-order valence-electron chi connectivity index (χ0n) is 11.8. The molecule has 0 saturated carbocycles. The minimum atomic E-state index is 0.0544. The fourth-order valence-electron chi connectivity index (χ4n) is 2.88. The highest BCUT2D eigenvalue weighted by Crippen LogP contribution is 2.44. The fraction of sp³-hybridized carbons (Fsp3) is 0.111. The first-order valence-electron chi connectivity index (χ1n) is 7.22. The molecule has 3 aromatic rings. The van der Waals surface area contributed by atoms with Gasteiger partial charge in [0.25, 0.3) is 0 Å². The van der Waals surface area contributed by atoms with E-state index in [1.165, 1.54) is 17.1 Å². The van der Waals surface area contributed by atoms with Gasteiger partial charge < -0.3 is 5.32 Å². The summed E-state index contributed by atoms with van der Waals surface area (Å²) in [6, 6.07) is 20.2. The predicted molar refractivity (Wildman–Crippen MR) is 89.1 cm³/mol. The van der Waals surface area contributed by atoms with E-state index >= 15 is 0 Å². The summed E-state index contributed by atoms with van der Waals surface area (Å²) in [5, 5.41) is 3.02. The van der Waals surface area contributed by atoms with Crippen LogP contribution in [0.15, 0.2) is 60.7 Å². The monoisotopic (exact) mass is 306 g/mol. The Morgan fingerprint density at radius 1 is 1.00 bits per heavy atom. The first-order chi connectivity index (χ1) is 10.8. The lowest BCUT2D eigenvalue weighted by atomic mass is 9.90. The standard InChI is InChI=1S/C18H14N2OS/c21-15-11-14(12-7-3-1-4-8-12)18-17(19-15)16(20-22-18)13-9-5-2-6-10-13/h1-10,14H,11H2,(H,19,21)/t14-/m1/s1. The lowest BCUT2D eigenvalue weighted by Crippen LogP contribution is -2.22. The van der Waals surface area contributed by atoms with Gasteiger partial charge in [0.15, 0.2) is 0 Å². The molecule has 1 aliphatic heterocycles. The van der Waals surface area contributed by atoms with Crippen LogP contribution in [0.25, 0.3) is 11.3 Å². The number of hydrogen-bond acceptors (Lipinski definition) is 3. The number of anilines is 1. The molecule has 1 amide bonds. The van der Waals surface area contributed by atoms with Crippen molar-refractivity contribution >= 4 is 23.1 Å². The van der Waals surface area contributed by atoms with E-state index in [0.717, 1.165) is 21.8 Å². The number of rotatable bonds is 2. The molecule has 2 heterocycles. The third-order valence-corrected chi connectivity index (χ3v) is 4.90. The molecule has 1 aliphatic rings. The summed E-state index contributed by atoms with van der Waals surface area (Å²) in [7, 11) is 0. The minimum absolute atomic E-state index is 0.0544. The molecule has 2 aromatic carbocycles. The topological polar surface area (TPSA) is 42.0 Å². The maximum absolute atomic E-state index is 12.2. The smallest absolute Gasteiger partial charge is 0.225 e. The van der Waals surface area contributed by atoms with E-state index in [1.54, 1.807) is 0 Å². The van der Waals surface area contributed by atoms with E-state index in [9.17, 15) is 4.79 Å². The summed E-state index contributed by atoms with van der Waals surface area (Å²) >= 11 is 1.49. The molecule has 0 fully saturated rings. The Bertz CT molecular complexity index is 812. The van der Waals surface area contributed by atoms with E-state index < -0.39 is 0 Å². The molecule has 0 bridgehead atoms. The van der Waals surface area contributed by atoms with Crippen molar-refractivity contribution in [1.82, 2.24) is 4.37 Å². The van der Waals surface area contributed by atoms with Crippen molar-refractivity contribution in [3.8, 4) is 11.3 Å². The second-order valence-electron chi connectivity index (χ2n) is 5.35. The molecule has 0 radical (unpaired) electrons. The van der Waals surface area contributed by atoms with Crippen molar-refractivity contribution < 1.29 is 4.79 Å². The normalized spacial score (nSPS) is 16.9. The zero-order valence-corrected chi connectivity index (χ0v) is 12.6. The van der Waals surface area contributed by atoms with E-state index in [-0.39, 0.29) is 11.8 Å². The molecule has 108 valence electrons. The molecular weight excluding hydrogens is 292 g/mol. The number of carbonyl (C=O) groups is 1. The quantitative estimate of drug-likeness (QED) is 0.767. The van der Waals surface area contributed by atoms with E-state index in [0.29, 0.717) is 6.42 Å². The number of hydrogen-bond donors (Lipinski definition) is 1. The second kappa shape index (κ2) is 5.39. The highest BCUT2D eigenvalue weighted by molar-refractivity contribution is 7.07. The van der Waals surface area contributed by atoms with E-state index in [2.05, 4.69) is 21.8 Å². The Labute approximate surface area is 132 Å². The molecule has 4 heteroatoms. The minimum Gasteiger partial charge on any atom is -0.323 e. The van der Waals surface area contributed by atoms with Crippen LogP contribution >= 0.6 is 11.5 Å². The van der Waals surface area contributed by atoms with E-state index in [1.807, 2.05) is 48.5 Å². The lowest BCUT2D eigenvalue weighted by Gasteiger charge is -2.22. The Morgan fingerprint density at radius 3 is 2.41 bits per heavy atom. The van der Waals surface area contributed by atoms with Gasteiger partial charge in [0.05, 0.1) is 10.6 Å². The van der Waals surface area contributed by atoms with Crippen LogP contribution in [0.4, 0.5) is 5.69 Å². The fourth-order valence-corrected chi connectivity index (χ4v) is 3.85. The highest BCUT2D eigenvalue weighted by atomic mass is 32.1. The van der Waals surface area contributed by atoms with Crippen molar-refractivity contribution in [1.29, 1.82) is 0 Å². The van der Waals surface area contributed by atoms with Crippen LogP contribution in [0.1, 0.15) is 22.8 Å². The molecule has 1 atom stereocenters. The summed E-state index contributed by atoms with van der Waals surface area (Å²) in [5.41, 5.74) is 3.95. The Balaban J connectivity index is 1.83. The van der Waals surface area contributed by atoms with Gasteiger partial charge in [-0.2, -0.15) is 4.37 Å². The average Bonchev–Trinajstić information content (AvgIpc) is 2.99. The Hall–Kier alpha value is -2.46. The molecular formula is C18H14N2OS. The van der Waals surface area contributed by atoms with Crippen LogP contribution in [0, 0.1) is 0 Å². The Kier molecular flexibility index (Phi) is 3.24. The molecule has 1 N–H and O–H groups in total. The van der Waals surface area contributed by atoms with Crippen molar-refractivity contribution in [2.45, 2.75) is 12.3 Å². The molecule has 0 unspecified atom stereocenters. The van der Waals surface area contributed by atoms with E-state index in [4.69, 9.17) is 0 Å². The van der Waals surface area contributed by atoms with Crippen LogP contribution in [-0.4, -0.2) is 10.3 Å².